The van der Waals surface area contributed by atoms with Gasteiger partial charge in [0.2, 0.25) is 5.91 Å². The molecule has 0 saturated carbocycles. The van der Waals surface area contributed by atoms with E-state index in [-0.39, 0.29) is 18.5 Å². The predicted molar refractivity (Wildman–Crippen MR) is 90.2 cm³/mol. The number of aryl methyl sites for hydroxylation is 2. The summed E-state index contributed by atoms with van der Waals surface area (Å²) in [4.78, 5) is 14.8. The Morgan fingerprint density at radius 1 is 1.43 bits per heavy atom. The molecule has 1 amide bonds. The summed E-state index contributed by atoms with van der Waals surface area (Å²) < 4.78 is 5.48. The normalized spacial score (nSPS) is 26.0. The molecule has 1 fully saturated rings. The first-order chi connectivity index (χ1) is 10.6. The Balaban J connectivity index is 1.99. The fourth-order valence-electron chi connectivity index (χ4n) is 3.78. The van der Waals surface area contributed by atoms with Gasteiger partial charge in [0.15, 0.2) is 0 Å². The number of nitrogens with one attached hydrogen (secondary N) is 1. The van der Waals surface area contributed by atoms with Crippen LogP contribution in [0.15, 0.2) is 10.5 Å². The largest absolute Gasteiger partial charge is 0.466 e. The Morgan fingerprint density at radius 3 is 2.48 bits per heavy atom. The lowest BCUT2D eigenvalue weighted by Gasteiger charge is -2.32. The van der Waals surface area contributed by atoms with Crippen LogP contribution in [0, 0.1) is 13.8 Å². The summed E-state index contributed by atoms with van der Waals surface area (Å²) in [5.41, 5.74) is -0.412. The highest BCUT2D eigenvalue weighted by Gasteiger charge is 2.35. The Hall–Kier alpha value is -1.33. The molecule has 0 bridgehead atoms. The van der Waals surface area contributed by atoms with E-state index in [2.05, 4.69) is 24.1 Å². The van der Waals surface area contributed by atoms with E-state index in [4.69, 9.17) is 4.42 Å². The number of carbonyl (C=O) groups is 1. The molecule has 0 aromatic carbocycles. The molecule has 1 aromatic rings. The summed E-state index contributed by atoms with van der Waals surface area (Å²) in [5, 5.41) is 13.6. The minimum atomic E-state index is -1.14. The Labute approximate surface area is 139 Å². The van der Waals surface area contributed by atoms with Crippen molar-refractivity contribution < 1.29 is 14.3 Å². The quantitative estimate of drug-likeness (QED) is 0.874. The van der Waals surface area contributed by atoms with E-state index in [1.54, 1.807) is 6.92 Å². The van der Waals surface area contributed by atoms with Crippen LogP contribution >= 0.6 is 0 Å². The number of likely N-dealkylation sites (tertiary alicyclic amines) is 1. The zero-order valence-electron chi connectivity index (χ0n) is 15.1. The van der Waals surface area contributed by atoms with E-state index in [0.29, 0.717) is 17.8 Å². The lowest BCUT2D eigenvalue weighted by Crippen LogP contribution is -2.51. The molecule has 2 heterocycles. The summed E-state index contributed by atoms with van der Waals surface area (Å²) in [6, 6.07) is 2.48. The SMILES string of the molecule is Cc1cc(C(C)(O)CNC(=O)C(C)N2C(C)CCC2C)c(C)o1. The second kappa shape index (κ2) is 6.65. The van der Waals surface area contributed by atoms with Crippen molar-refractivity contribution in [2.45, 2.75) is 78.1 Å². The van der Waals surface area contributed by atoms with Crippen LogP contribution in [-0.4, -0.2) is 40.6 Å². The fraction of sp³-hybridized carbons (Fsp3) is 0.722. The van der Waals surface area contributed by atoms with Gasteiger partial charge in [-0.25, -0.2) is 0 Å². The van der Waals surface area contributed by atoms with Gasteiger partial charge in [-0.3, -0.25) is 9.69 Å². The number of hydrogen-bond acceptors (Lipinski definition) is 4. The molecule has 23 heavy (non-hydrogen) atoms. The van der Waals surface area contributed by atoms with E-state index in [9.17, 15) is 9.90 Å². The molecular formula is C18H30N2O3. The molecule has 130 valence electrons. The van der Waals surface area contributed by atoms with Crippen LogP contribution < -0.4 is 5.32 Å². The van der Waals surface area contributed by atoms with E-state index in [1.165, 1.54) is 0 Å². The first-order valence-corrected chi connectivity index (χ1v) is 8.48. The van der Waals surface area contributed by atoms with Gasteiger partial charge >= 0.3 is 0 Å². The Bertz CT molecular complexity index is 555. The molecule has 0 spiro atoms. The first-order valence-electron chi connectivity index (χ1n) is 8.48. The number of carbonyl (C=O) groups excluding carboxylic acids is 1. The van der Waals surface area contributed by atoms with E-state index in [0.717, 1.165) is 24.2 Å². The summed E-state index contributed by atoms with van der Waals surface area (Å²) in [6.07, 6.45) is 2.26. The molecule has 1 saturated heterocycles. The van der Waals surface area contributed by atoms with Crippen LogP contribution in [0.25, 0.3) is 0 Å². The fourth-order valence-corrected chi connectivity index (χ4v) is 3.78. The highest BCUT2D eigenvalue weighted by atomic mass is 16.3. The molecular weight excluding hydrogens is 292 g/mol. The van der Waals surface area contributed by atoms with E-state index in [1.807, 2.05) is 26.8 Å². The average molecular weight is 322 g/mol. The molecule has 1 aromatic heterocycles. The van der Waals surface area contributed by atoms with Gasteiger partial charge in [-0.2, -0.15) is 0 Å². The molecule has 4 atom stereocenters. The zero-order valence-corrected chi connectivity index (χ0v) is 15.1. The number of amides is 1. The van der Waals surface area contributed by atoms with Crippen molar-refractivity contribution in [2.24, 2.45) is 0 Å². The summed E-state index contributed by atoms with van der Waals surface area (Å²) in [7, 11) is 0. The summed E-state index contributed by atoms with van der Waals surface area (Å²) in [5.74, 6) is 1.41. The maximum Gasteiger partial charge on any atom is 0.237 e. The highest BCUT2D eigenvalue weighted by molar-refractivity contribution is 5.81. The van der Waals surface area contributed by atoms with Crippen molar-refractivity contribution in [1.29, 1.82) is 0 Å². The van der Waals surface area contributed by atoms with Gasteiger partial charge in [-0.1, -0.05) is 0 Å². The van der Waals surface area contributed by atoms with Crippen LogP contribution in [0.1, 0.15) is 57.6 Å². The molecule has 1 aliphatic rings. The van der Waals surface area contributed by atoms with Crippen molar-refractivity contribution in [1.82, 2.24) is 10.2 Å². The molecule has 5 heteroatoms. The van der Waals surface area contributed by atoms with Crippen molar-refractivity contribution in [3.05, 3.63) is 23.2 Å². The molecule has 4 unspecified atom stereocenters. The second-order valence-corrected chi connectivity index (χ2v) is 7.22. The zero-order chi connectivity index (χ0) is 17.4. The number of hydrogen-bond donors (Lipinski definition) is 2. The molecule has 5 nitrogen and oxygen atoms in total. The van der Waals surface area contributed by atoms with Crippen LogP contribution in [0.3, 0.4) is 0 Å². The summed E-state index contributed by atoms with van der Waals surface area (Å²) >= 11 is 0. The third-order valence-corrected chi connectivity index (χ3v) is 5.07. The first kappa shape index (κ1) is 18.0. The summed E-state index contributed by atoms with van der Waals surface area (Å²) in [6.45, 7) is 11.8. The molecule has 2 rings (SSSR count). The lowest BCUT2D eigenvalue weighted by atomic mass is 9.96. The average Bonchev–Trinajstić information content (AvgIpc) is 2.98. The van der Waals surface area contributed by atoms with Crippen LogP contribution in [0.4, 0.5) is 0 Å². The van der Waals surface area contributed by atoms with E-state index >= 15 is 0 Å². The van der Waals surface area contributed by atoms with Gasteiger partial charge in [-0.05, 0) is 60.5 Å². The topological polar surface area (TPSA) is 65.7 Å². The van der Waals surface area contributed by atoms with Gasteiger partial charge in [-0.15, -0.1) is 0 Å². The molecule has 0 radical (unpaired) electrons. The van der Waals surface area contributed by atoms with Gasteiger partial charge < -0.3 is 14.8 Å². The maximum absolute atomic E-state index is 12.5. The standard InChI is InChI=1S/C18H30N2O3/c1-11-7-8-12(2)20(11)14(4)17(21)19-10-18(6,22)16-9-13(3)23-15(16)5/h9,11-12,14,22H,7-8,10H2,1-6H3,(H,19,21). The third kappa shape index (κ3) is 3.78. The van der Waals surface area contributed by atoms with Gasteiger partial charge in [0.05, 0.1) is 12.6 Å². The van der Waals surface area contributed by atoms with E-state index < -0.39 is 5.60 Å². The third-order valence-electron chi connectivity index (χ3n) is 5.07. The Morgan fingerprint density at radius 2 is 2.00 bits per heavy atom. The van der Waals surface area contributed by atoms with Crippen molar-refractivity contribution in [3.8, 4) is 0 Å². The van der Waals surface area contributed by atoms with Crippen molar-refractivity contribution in [2.75, 3.05) is 6.54 Å². The number of furan rings is 1. The monoisotopic (exact) mass is 322 g/mol. The molecule has 0 aliphatic carbocycles. The second-order valence-electron chi connectivity index (χ2n) is 7.22. The predicted octanol–water partition coefficient (Wildman–Crippen LogP) is 2.48. The minimum Gasteiger partial charge on any atom is -0.466 e. The maximum atomic E-state index is 12.5. The number of rotatable bonds is 5. The number of aliphatic hydroxyl groups is 1. The van der Waals surface area contributed by atoms with Gasteiger partial charge in [0, 0.05) is 17.6 Å². The van der Waals surface area contributed by atoms with Gasteiger partial charge in [0.1, 0.15) is 17.1 Å². The van der Waals surface area contributed by atoms with Crippen molar-refractivity contribution in [3.63, 3.8) is 0 Å². The van der Waals surface area contributed by atoms with Crippen LogP contribution in [0.2, 0.25) is 0 Å². The van der Waals surface area contributed by atoms with Crippen LogP contribution in [-0.2, 0) is 10.4 Å². The Kier molecular flexibility index (Phi) is 5.21. The molecule has 2 N–H and O–H groups in total. The van der Waals surface area contributed by atoms with Crippen molar-refractivity contribution >= 4 is 5.91 Å². The lowest BCUT2D eigenvalue weighted by molar-refractivity contribution is -0.128. The minimum absolute atomic E-state index is 0.0382. The highest BCUT2D eigenvalue weighted by Crippen LogP contribution is 2.28. The smallest absolute Gasteiger partial charge is 0.237 e. The molecule has 1 aliphatic heterocycles. The number of nitrogens with zero attached hydrogens (tertiary/aromatic N) is 1. The van der Waals surface area contributed by atoms with Crippen LogP contribution in [0.5, 0.6) is 0 Å². The van der Waals surface area contributed by atoms with Gasteiger partial charge in [0.25, 0.3) is 0 Å².